The van der Waals surface area contributed by atoms with E-state index in [1.807, 2.05) is 6.07 Å². The molecular formula is C31H31FN+. The molecule has 0 saturated carbocycles. The molecule has 1 aliphatic carbocycles. The van der Waals surface area contributed by atoms with Crippen molar-refractivity contribution in [2.75, 3.05) is 0 Å². The zero-order valence-electron chi connectivity index (χ0n) is 20.0. The van der Waals surface area contributed by atoms with E-state index in [9.17, 15) is 0 Å². The molecule has 2 heterocycles. The van der Waals surface area contributed by atoms with Gasteiger partial charge in [-0.05, 0) is 29.2 Å². The Bertz CT molecular complexity index is 1410. The second kappa shape index (κ2) is 7.00. The smallest absolute Gasteiger partial charge is 0.207 e. The average molecular weight is 437 g/mol. The van der Waals surface area contributed by atoms with Crippen LogP contribution in [0.15, 0.2) is 66.9 Å². The molecule has 0 radical (unpaired) electrons. The third-order valence-corrected chi connectivity index (χ3v) is 8.64. The van der Waals surface area contributed by atoms with Crippen molar-refractivity contribution in [2.45, 2.75) is 64.3 Å². The maximum Gasteiger partial charge on any atom is 0.221 e. The number of hydrogen-bond acceptors (Lipinski definition) is 0. The van der Waals surface area contributed by atoms with Gasteiger partial charge in [-0.1, -0.05) is 82.3 Å². The normalized spacial score (nSPS) is 17.1. The summed E-state index contributed by atoms with van der Waals surface area (Å²) in [6, 6.07) is 21.1. The Morgan fingerprint density at radius 1 is 0.909 bits per heavy atom. The molecule has 33 heavy (non-hydrogen) atoms. The van der Waals surface area contributed by atoms with Crippen molar-refractivity contribution in [1.29, 1.82) is 0 Å². The summed E-state index contributed by atoms with van der Waals surface area (Å²) in [6.07, 6.45) is 6.53. The lowest BCUT2D eigenvalue weighted by molar-refractivity contribution is -0.755. The lowest BCUT2D eigenvalue weighted by Crippen LogP contribution is -2.57. The van der Waals surface area contributed by atoms with Crippen molar-refractivity contribution in [3.8, 4) is 22.4 Å². The van der Waals surface area contributed by atoms with E-state index < -0.39 is 5.41 Å². The van der Waals surface area contributed by atoms with Crippen LogP contribution in [0, 0.1) is 5.82 Å². The summed E-state index contributed by atoms with van der Waals surface area (Å²) in [5, 5.41) is 2.57. The molecule has 0 N–H and O–H groups in total. The Hall–Kier alpha value is -3.00. The fourth-order valence-corrected chi connectivity index (χ4v) is 6.68. The van der Waals surface area contributed by atoms with Gasteiger partial charge in [-0.2, -0.15) is 4.57 Å². The van der Waals surface area contributed by atoms with Crippen molar-refractivity contribution in [3.05, 3.63) is 89.4 Å². The van der Waals surface area contributed by atoms with Crippen LogP contribution in [0.2, 0.25) is 0 Å². The van der Waals surface area contributed by atoms with Gasteiger partial charge < -0.3 is 0 Å². The number of nitrogens with zero attached hydrogens (tertiary/aromatic N) is 1. The molecular weight excluding hydrogens is 405 g/mol. The van der Waals surface area contributed by atoms with Crippen LogP contribution >= 0.6 is 0 Å². The molecule has 1 aliphatic heterocycles. The van der Waals surface area contributed by atoms with Gasteiger partial charge in [0.2, 0.25) is 5.69 Å². The summed E-state index contributed by atoms with van der Waals surface area (Å²) in [4.78, 5) is 0. The van der Waals surface area contributed by atoms with E-state index in [-0.39, 0.29) is 11.4 Å². The van der Waals surface area contributed by atoms with E-state index in [1.54, 1.807) is 6.07 Å². The van der Waals surface area contributed by atoms with Crippen LogP contribution in [0.4, 0.5) is 4.39 Å². The number of rotatable bonds is 3. The molecule has 0 saturated heterocycles. The minimum atomic E-state index is -0.402. The van der Waals surface area contributed by atoms with Crippen LogP contribution in [0.1, 0.15) is 63.6 Å². The van der Waals surface area contributed by atoms with Crippen molar-refractivity contribution < 1.29 is 8.96 Å². The van der Waals surface area contributed by atoms with Gasteiger partial charge in [0.05, 0.1) is 16.5 Å². The van der Waals surface area contributed by atoms with Crippen LogP contribution in [-0.4, -0.2) is 0 Å². The standard InChI is InChI=1S/C31H31FN/c1-5-31(6-2)18-17-21-15-16-25(32)28-26(21)29-27-22(13-10-14-24(27)30(28,3)4)23(19-33(29)31)20-11-8-7-9-12-20/h7-16,19H,5-6,17-18H2,1-4H3/q+1. The van der Waals surface area contributed by atoms with E-state index in [0.717, 1.165) is 36.8 Å². The molecule has 0 spiro atoms. The number of benzene rings is 3. The second-order valence-electron chi connectivity index (χ2n) is 10.4. The predicted molar refractivity (Wildman–Crippen MR) is 134 cm³/mol. The maximum atomic E-state index is 15.6. The Balaban J connectivity index is 1.90. The highest BCUT2D eigenvalue weighted by molar-refractivity contribution is 6.07. The predicted octanol–water partition coefficient (Wildman–Crippen LogP) is 7.70. The summed E-state index contributed by atoms with van der Waals surface area (Å²) in [5.41, 5.74) is 7.87. The van der Waals surface area contributed by atoms with E-state index in [2.05, 4.69) is 87.0 Å². The molecule has 6 rings (SSSR count). The van der Waals surface area contributed by atoms with Crippen molar-refractivity contribution in [1.82, 2.24) is 0 Å². The fourth-order valence-electron chi connectivity index (χ4n) is 6.68. The third kappa shape index (κ3) is 2.61. The van der Waals surface area contributed by atoms with E-state index in [1.165, 1.54) is 38.7 Å². The average Bonchev–Trinajstić information content (AvgIpc) is 2.98. The van der Waals surface area contributed by atoms with Crippen molar-refractivity contribution >= 4 is 10.8 Å². The topological polar surface area (TPSA) is 3.88 Å². The lowest BCUT2D eigenvalue weighted by Gasteiger charge is -2.36. The molecule has 0 bridgehead atoms. The van der Waals surface area contributed by atoms with Gasteiger partial charge in [0.1, 0.15) is 5.82 Å². The van der Waals surface area contributed by atoms with Gasteiger partial charge in [0.25, 0.3) is 0 Å². The Labute approximate surface area is 195 Å². The number of aryl methyl sites for hydroxylation is 1. The molecule has 0 unspecified atom stereocenters. The summed E-state index contributed by atoms with van der Waals surface area (Å²) >= 11 is 0. The SMILES string of the molecule is CCC1(CC)CCc2ccc(F)c3c2-c2c4c(cccc4c(-c4ccccc4)c[n+]21)C3(C)C. The Kier molecular flexibility index (Phi) is 4.37. The summed E-state index contributed by atoms with van der Waals surface area (Å²) in [5.74, 6) is -0.0828. The first kappa shape index (κ1) is 20.6. The summed E-state index contributed by atoms with van der Waals surface area (Å²) < 4.78 is 18.2. The van der Waals surface area contributed by atoms with Crippen LogP contribution in [0.3, 0.4) is 0 Å². The molecule has 0 atom stereocenters. The highest BCUT2D eigenvalue weighted by Gasteiger charge is 2.48. The van der Waals surface area contributed by atoms with Crippen LogP contribution in [0.25, 0.3) is 33.2 Å². The summed E-state index contributed by atoms with van der Waals surface area (Å²) in [6.45, 7) is 9.01. The number of halogens is 1. The zero-order chi connectivity index (χ0) is 23.0. The highest BCUT2D eigenvalue weighted by Crippen LogP contribution is 2.52. The minimum absolute atomic E-state index is 0.00835. The van der Waals surface area contributed by atoms with E-state index in [0.29, 0.717) is 0 Å². The largest absolute Gasteiger partial charge is 0.221 e. The fraction of sp³-hybridized carbons (Fsp3) is 0.323. The zero-order valence-corrected chi connectivity index (χ0v) is 20.0. The lowest BCUT2D eigenvalue weighted by atomic mass is 9.68. The molecule has 2 aliphatic rings. The first-order valence-electron chi connectivity index (χ1n) is 12.3. The van der Waals surface area contributed by atoms with Crippen LogP contribution < -0.4 is 4.57 Å². The second-order valence-corrected chi connectivity index (χ2v) is 10.4. The maximum absolute atomic E-state index is 15.6. The molecule has 0 amide bonds. The minimum Gasteiger partial charge on any atom is -0.207 e. The molecule has 3 aromatic carbocycles. The van der Waals surface area contributed by atoms with Crippen LogP contribution in [-0.2, 0) is 17.4 Å². The Morgan fingerprint density at radius 3 is 2.39 bits per heavy atom. The van der Waals surface area contributed by atoms with Crippen molar-refractivity contribution in [2.24, 2.45) is 0 Å². The van der Waals surface area contributed by atoms with Gasteiger partial charge >= 0.3 is 0 Å². The number of aromatic nitrogens is 1. The van der Waals surface area contributed by atoms with E-state index >= 15 is 4.39 Å². The van der Waals surface area contributed by atoms with Gasteiger partial charge in [0.15, 0.2) is 11.7 Å². The van der Waals surface area contributed by atoms with E-state index in [4.69, 9.17) is 0 Å². The first-order valence-corrected chi connectivity index (χ1v) is 12.3. The first-order chi connectivity index (χ1) is 15.9. The third-order valence-electron chi connectivity index (χ3n) is 8.64. The Morgan fingerprint density at radius 2 is 1.67 bits per heavy atom. The molecule has 1 nitrogen and oxygen atoms in total. The molecule has 166 valence electrons. The van der Waals surface area contributed by atoms with Gasteiger partial charge in [-0.15, -0.1) is 0 Å². The number of hydrogen-bond donors (Lipinski definition) is 0. The van der Waals surface area contributed by atoms with Gasteiger partial charge in [-0.25, -0.2) is 4.39 Å². The monoisotopic (exact) mass is 436 g/mol. The molecule has 2 heteroatoms. The molecule has 4 aromatic rings. The molecule has 0 fully saturated rings. The highest BCUT2D eigenvalue weighted by atomic mass is 19.1. The quantitative estimate of drug-likeness (QED) is 0.290. The van der Waals surface area contributed by atoms with Gasteiger partial charge in [-0.3, -0.25) is 0 Å². The van der Waals surface area contributed by atoms with Crippen LogP contribution in [0.5, 0.6) is 0 Å². The number of pyridine rings is 1. The van der Waals surface area contributed by atoms with Crippen molar-refractivity contribution in [3.63, 3.8) is 0 Å². The molecule has 1 aromatic heterocycles. The van der Waals surface area contributed by atoms with Gasteiger partial charge in [0, 0.05) is 35.6 Å². The summed E-state index contributed by atoms with van der Waals surface area (Å²) in [7, 11) is 0.